The van der Waals surface area contributed by atoms with Crippen LogP contribution in [0.25, 0.3) is 0 Å². The maximum Gasteiger partial charge on any atom is 0.247 e. The molecule has 0 aromatic rings. The largest absolute Gasteiger partial charge is 0.342 e. The SMILES string of the molecule is N#CNC(=NC1CCCCN(CC(=O)N2CCCC2)C1=O)N1CCCCC1. The van der Waals surface area contributed by atoms with Crippen molar-refractivity contribution in [2.24, 2.45) is 4.99 Å². The highest BCUT2D eigenvalue weighted by Gasteiger charge is 2.31. The molecular weight excluding hydrogens is 344 g/mol. The molecule has 8 heteroatoms. The number of hydrogen-bond acceptors (Lipinski definition) is 4. The van der Waals surface area contributed by atoms with E-state index in [1.165, 1.54) is 6.42 Å². The fourth-order valence-electron chi connectivity index (χ4n) is 4.09. The van der Waals surface area contributed by atoms with E-state index >= 15 is 0 Å². The number of aliphatic imine (C=N–C) groups is 1. The average Bonchev–Trinajstić information content (AvgIpc) is 3.18. The molecule has 0 aromatic carbocycles. The van der Waals surface area contributed by atoms with Gasteiger partial charge < -0.3 is 14.7 Å². The zero-order chi connectivity index (χ0) is 19.1. The van der Waals surface area contributed by atoms with E-state index in [1.54, 1.807) is 4.90 Å². The van der Waals surface area contributed by atoms with Gasteiger partial charge in [-0.3, -0.25) is 14.9 Å². The van der Waals surface area contributed by atoms with Crippen LogP contribution in [0, 0.1) is 11.5 Å². The van der Waals surface area contributed by atoms with Crippen LogP contribution in [0.3, 0.4) is 0 Å². The standard InChI is InChI=1S/C19H30N6O2/c20-15-21-19(24-11-3-1-4-12-24)22-16-8-2-5-13-25(18(16)27)14-17(26)23-9-6-7-10-23/h16H,1-14H2,(H,21,22). The summed E-state index contributed by atoms with van der Waals surface area (Å²) in [7, 11) is 0. The highest BCUT2D eigenvalue weighted by atomic mass is 16.2. The van der Waals surface area contributed by atoms with Crippen molar-refractivity contribution in [3.8, 4) is 6.19 Å². The number of carbonyl (C=O) groups excluding carboxylic acids is 2. The highest BCUT2D eigenvalue weighted by Crippen LogP contribution is 2.18. The summed E-state index contributed by atoms with van der Waals surface area (Å²) >= 11 is 0. The van der Waals surface area contributed by atoms with Gasteiger partial charge in [0.2, 0.25) is 17.8 Å². The lowest BCUT2D eigenvalue weighted by atomic mass is 10.1. The number of piperidine rings is 1. The van der Waals surface area contributed by atoms with Gasteiger partial charge in [-0.25, -0.2) is 4.99 Å². The van der Waals surface area contributed by atoms with Crippen LogP contribution < -0.4 is 5.32 Å². The Morgan fingerprint density at radius 2 is 1.63 bits per heavy atom. The van der Waals surface area contributed by atoms with Crippen LogP contribution in [-0.4, -0.2) is 77.8 Å². The molecule has 3 aliphatic rings. The third-order valence-corrected chi connectivity index (χ3v) is 5.64. The van der Waals surface area contributed by atoms with Crippen LogP contribution in [0.15, 0.2) is 4.99 Å². The van der Waals surface area contributed by atoms with Crippen molar-refractivity contribution in [1.82, 2.24) is 20.0 Å². The molecule has 0 aliphatic carbocycles. The Hall–Kier alpha value is -2.30. The van der Waals surface area contributed by atoms with Crippen molar-refractivity contribution >= 4 is 17.8 Å². The maximum atomic E-state index is 13.0. The molecule has 8 nitrogen and oxygen atoms in total. The molecule has 3 saturated heterocycles. The van der Waals surface area contributed by atoms with Gasteiger partial charge >= 0.3 is 0 Å². The number of likely N-dealkylation sites (tertiary alicyclic amines) is 3. The molecule has 27 heavy (non-hydrogen) atoms. The van der Waals surface area contributed by atoms with Crippen molar-refractivity contribution in [2.75, 3.05) is 39.3 Å². The normalized spacial score (nSPS) is 24.6. The van der Waals surface area contributed by atoms with E-state index in [9.17, 15) is 9.59 Å². The van der Waals surface area contributed by atoms with Gasteiger partial charge in [-0.15, -0.1) is 0 Å². The summed E-state index contributed by atoms with van der Waals surface area (Å²) in [4.78, 5) is 35.7. The van der Waals surface area contributed by atoms with E-state index in [2.05, 4.69) is 15.2 Å². The van der Waals surface area contributed by atoms with Gasteiger partial charge in [-0.1, -0.05) is 0 Å². The van der Waals surface area contributed by atoms with Crippen molar-refractivity contribution in [1.29, 1.82) is 5.26 Å². The monoisotopic (exact) mass is 374 g/mol. The molecule has 148 valence electrons. The van der Waals surface area contributed by atoms with E-state index in [1.807, 2.05) is 11.1 Å². The first-order valence-corrected chi connectivity index (χ1v) is 10.2. The molecule has 0 aromatic heterocycles. The first-order valence-electron chi connectivity index (χ1n) is 10.2. The number of rotatable bonds is 3. The predicted molar refractivity (Wildman–Crippen MR) is 102 cm³/mol. The summed E-state index contributed by atoms with van der Waals surface area (Å²) in [5.41, 5.74) is 0. The number of nitrogens with zero attached hydrogens (tertiary/aromatic N) is 5. The Morgan fingerprint density at radius 1 is 1.00 bits per heavy atom. The van der Waals surface area contributed by atoms with Crippen LogP contribution in [0.1, 0.15) is 51.4 Å². The number of guanidine groups is 1. The topological polar surface area (TPSA) is 92.0 Å². The molecule has 2 amide bonds. The second-order valence-electron chi connectivity index (χ2n) is 7.60. The summed E-state index contributed by atoms with van der Waals surface area (Å²) in [6, 6.07) is -0.517. The zero-order valence-corrected chi connectivity index (χ0v) is 16.0. The van der Waals surface area contributed by atoms with Crippen LogP contribution in [-0.2, 0) is 9.59 Å². The molecule has 3 rings (SSSR count). The Labute approximate surface area is 161 Å². The van der Waals surface area contributed by atoms with Crippen molar-refractivity contribution in [3.05, 3.63) is 0 Å². The minimum Gasteiger partial charge on any atom is -0.342 e. The van der Waals surface area contributed by atoms with E-state index in [0.717, 1.165) is 64.7 Å². The third-order valence-electron chi connectivity index (χ3n) is 5.64. The number of hydrogen-bond donors (Lipinski definition) is 1. The minimum absolute atomic E-state index is 0.0388. The van der Waals surface area contributed by atoms with Gasteiger partial charge in [-0.05, 0) is 51.4 Å². The zero-order valence-electron chi connectivity index (χ0n) is 16.0. The first-order chi connectivity index (χ1) is 13.2. The summed E-state index contributed by atoms with van der Waals surface area (Å²) in [6.07, 6.45) is 9.82. The Bertz CT molecular complexity index is 602. The van der Waals surface area contributed by atoms with Crippen molar-refractivity contribution in [3.63, 3.8) is 0 Å². The van der Waals surface area contributed by atoms with Gasteiger partial charge in [0.05, 0.1) is 6.54 Å². The molecule has 3 heterocycles. The van der Waals surface area contributed by atoms with E-state index in [4.69, 9.17) is 5.26 Å². The first kappa shape index (κ1) is 19.5. The molecule has 0 saturated carbocycles. The van der Waals surface area contributed by atoms with E-state index in [-0.39, 0.29) is 18.4 Å². The number of nitriles is 1. The highest BCUT2D eigenvalue weighted by molar-refractivity contribution is 5.90. The molecule has 1 atom stereocenters. The fourth-order valence-corrected chi connectivity index (χ4v) is 4.09. The van der Waals surface area contributed by atoms with Crippen LogP contribution >= 0.6 is 0 Å². The lowest BCUT2D eigenvalue weighted by Crippen LogP contribution is -2.47. The van der Waals surface area contributed by atoms with E-state index < -0.39 is 6.04 Å². The van der Waals surface area contributed by atoms with Gasteiger partial charge in [0.25, 0.3) is 0 Å². The van der Waals surface area contributed by atoms with Gasteiger partial charge in [0, 0.05) is 32.7 Å². The predicted octanol–water partition coefficient (Wildman–Crippen LogP) is 0.902. The Morgan fingerprint density at radius 3 is 2.33 bits per heavy atom. The molecule has 0 bridgehead atoms. The summed E-state index contributed by atoms with van der Waals surface area (Å²) in [5, 5.41) is 11.8. The lowest BCUT2D eigenvalue weighted by Gasteiger charge is -2.30. The van der Waals surface area contributed by atoms with Crippen LogP contribution in [0.2, 0.25) is 0 Å². The number of amides is 2. The van der Waals surface area contributed by atoms with Crippen LogP contribution in [0.4, 0.5) is 0 Å². The number of carbonyl (C=O) groups is 2. The molecule has 3 fully saturated rings. The second kappa shape index (κ2) is 9.58. The molecule has 1 N–H and O–H groups in total. The quantitative estimate of drug-likeness (QED) is 0.343. The van der Waals surface area contributed by atoms with Gasteiger partial charge in [0.1, 0.15) is 6.04 Å². The van der Waals surface area contributed by atoms with Crippen LogP contribution in [0.5, 0.6) is 0 Å². The van der Waals surface area contributed by atoms with Gasteiger partial charge in [-0.2, -0.15) is 5.26 Å². The van der Waals surface area contributed by atoms with Gasteiger partial charge in [0.15, 0.2) is 6.19 Å². The molecule has 0 radical (unpaired) electrons. The molecule has 1 unspecified atom stereocenters. The van der Waals surface area contributed by atoms with Crippen molar-refractivity contribution in [2.45, 2.75) is 57.4 Å². The Kier molecular flexibility index (Phi) is 6.91. The molecule has 0 spiro atoms. The summed E-state index contributed by atoms with van der Waals surface area (Å²) in [6.45, 7) is 4.06. The second-order valence-corrected chi connectivity index (χ2v) is 7.60. The smallest absolute Gasteiger partial charge is 0.247 e. The maximum absolute atomic E-state index is 13.0. The number of nitrogens with one attached hydrogen (secondary N) is 1. The minimum atomic E-state index is -0.517. The van der Waals surface area contributed by atoms with Crippen molar-refractivity contribution < 1.29 is 9.59 Å². The lowest BCUT2D eigenvalue weighted by molar-refractivity contribution is -0.140. The average molecular weight is 374 g/mol. The third kappa shape index (κ3) is 5.12. The fraction of sp³-hybridized carbons (Fsp3) is 0.789. The van der Waals surface area contributed by atoms with E-state index in [0.29, 0.717) is 18.9 Å². The Balaban J connectivity index is 1.69. The molecular formula is C19H30N6O2. The molecule has 3 aliphatic heterocycles. The summed E-state index contributed by atoms with van der Waals surface area (Å²) in [5.74, 6) is 0.453. The summed E-state index contributed by atoms with van der Waals surface area (Å²) < 4.78 is 0.